The van der Waals surface area contributed by atoms with Crippen molar-refractivity contribution in [3.63, 3.8) is 0 Å². The number of hydrogen-bond donors (Lipinski definition) is 1. The predicted octanol–water partition coefficient (Wildman–Crippen LogP) is 1.66. The Bertz CT molecular complexity index is 351. The number of rotatable bonds is 6. The lowest BCUT2D eigenvalue weighted by molar-refractivity contribution is 0.257. The van der Waals surface area contributed by atoms with E-state index in [9.17, 15) is 0 Å². The molecule has 0 saturated carbocycles. The molecule has 0 aromatic heterocycles. The van der Waals surface area contributed by atoms with Crippen LogP contribution < -0.4 is 15.2 Å². The fraction of sp³-hybridized carbons (Fsp3) is 0.538. The van der Waals surface area contributed by atoms with Crippen LogP contribution in [0.2, 0.25) is 0 Å². The number of hydrogen-bond acceptors (Lipinski definition) is 4. The van der Waals surface area contributed by atoms with Crippen molar-refractivity contribution in [1.82, 2.24) is 4.90 Å². The zero-order chi connectivity index (χ0) is 12.8. The van der Waals surface area contributed by atoms with E-state index in [1.54, 1.807) is 7.11 Å². The molecule has 0 amide bonds. The highest BCUT2D eigenvalue weighted by molar-refractivity contribution is 5.42. The van der Waals surface area contributed by atoms with Crippen LogP contribution in [0.15, 0.2) is 18.2 Å². The quantitative estimate of drug-likeness (QED) is 0.818. The van der Waals surface area contributed by atoms with E-state index in [2.05, 4.69) is 4.90 Å². The summed E-state index contributed by atoms with van der Waals surface area (Å²) in [6.45, 7) is 3.45. The number of benzene rings is 1. The van der Waals surface area contributed by atoms with Gasteiger partial charge in [-0.05, 0) is 27.1 Å². The van der Waals surface area contributed by atoms with Crippen LogP contribution in [0, 0.1) is 0 Å². The molecule has 0 aliphatic carbocycles. The third-order valence-corrected chi connectivity index (χ3v) is 2.51. The first-order valence-corrected chi connectivity index (χ1v) is 5.75. The lowest BCUT2D eigenvalue weighted by atomic mass is 10.1. The molecule has 4 nitrogen and oxygen atoms in total. The number of likely N-dealkylation sites (N-methyl/N-ethyl adjacent to an activating group) is 1. The Balaban J connectivity index is 2.78. The Morgan fingerprint density at radius 2 is 2.06 bits per heavy atom. The normalized spacial score (nSPS) is 12.6. The standard InChI is InChI=1S/C13H22N2O2/c1-10(14)12-6-5-11(16-4)9-13(12)17-8-7-15(2)3/h5-6,9-10H,7-8,14H2,1-4H3/t10-/m0/s1. The van der Waals surface area contributed by atoms with Gasteiger partial charge < -0.3 is 20.1 Å². The van der Waals surface area contributed by atoms with Crippen LogP contribution in [0.5, 0.6) is 11.5 Å². The summed E-state index contributed by atoms with van der Waals surface area (Å²) in [6.07, 6.45) is 0. The second-order valence-corrected chi connectivity index (χ2v) is 4.34. The van der Waals surface area contributed by atoms with Crippen molar-refractivity contribution in [2.24, 2.45) is 5.73 Å². The van der Waals surface area contributed by atoms with Crippen LogP contribution in [0.25, 0.3) is 0 Å². The summed E-state index contributed by atoms with van der Waals surface area (Å²) in [5, 5.41) is 0. The van der Waals surface area contributed by atoms with Gasteiger partial charge in [0.2, 0.25) is 0 Å². The highest BCUT2D eigenvalue weighted by Crippen LogP contribution is 2.28. The first-order chi connectivity index (χ1) is 8.04. The van der Waals surface area contributed by atoms with Gasteiger partial charge in [-0.25, -0.2) is 0 Å². The summed E-state index contributed by atoms with van der Waals surface area (Å²) >= 11 is 0. The molecule has 1 rings (SSSR count). The number of nitrogens with two attached hydrogens (primary N) is 1. The van der Waals surface area contributed by atoms with E-state index in [1.807, 2.05) is 39.2 Å². The third kappa shape index (κ3) is 4.24. The molecular weight excluding hydrogens is 216 g/mol. The lowest BCUT2D eigenvalue weighted by Crippen LogP contribution is -2.20. The van der Waals surface area contributed by atoms with Crippen molar-refractivity contribution >= 4 is 0 Å². The summed E-state index contributed by atoms with van der Waals surface area (Å²) in [5.74, 6) is 1.59. The fourth-order valence-electron chi connectivity index (χ4n) is 1.48. The topological polar surface area (TPSA) is 47.7 Å². The maximum absolute atomic E-state index is 5.91. The van der Waals surface area contributed by atoms with E-state index >= 15 is 0 Å². The average molecular weight is 238 g/mol. The van der Waals surface area contributed by atoms with Crippen LogP contribution in [0.4, 0.5) is 0 Å². The molecule has 0 spiro atoms. The highest BCUT2D eigenvalue weighted by Gasteiger charge is 2.09. The molecule has 0 fully saturated rings. The Morgan fingerprint density at radius 1 is 1.35 bits per heavy atom. The van der Waals surface area contributed by atoms with Gasteiger partial charge in [0.1, 0.15) is 18.1 Å². The molecule has 1 atom stereocenters. The minimum absolute atomic E-state index is 0.0461. The summed E-state index contributed by atoms with van der Waals surface area (Å²) < 4.78 is 10.9. The van der Waals surface area contributed by atoms with E-state index in [1.165, 1.54) is 0 Å². The molecule has 17 heavy (non-hydrogen) atoms. The van der Waals surface area contributed by atoms with Gasteiger partial charge in [0.25, 0.3) is 0 Å². The van der Waals surface area contributed by atoms with Gasteiger partial charge in [0, 0.05) is 24.2 Å². The second-order valence-electron chi connectivity index (χ2n) is 4.34. The molecule has 1 aromatic carbocycles. The maximum atomic E-state index is 5.91. The molecule has 1 aromatic rings. The molecule has 0 bridgehead atoms. The predicted molar refractivity (Wildman–Crippen MR) is 69.6 cm³/mol. The van der Waals surface area contributed by atoms with Crippen LogP contribution >= 0.6 is 0 Å². The smallest absolute Gasteiger partial charge is 0.127 e. The summed E-state index contributed by atoms with van der Waals surface area (Å²) in [7, 11) is 5.67. The van der Waals surface area contributed by atoms with E-state index < -0.39 is 0 Å². The van der Waals surface area contributed by atoms with E-state index in [0.717, 1.165) is 23.6 Å². The van der Waals surface area contributed by atoms with Crippen molar-refractivity contribution in [3.05, 3.63) is 23.8 Å². The summed E-state index contributed by atoms with van der Waals surface area (Å²) in [4.78, 5) is 2.08. The third-order valence-electron chi connectivity index (χ3n) is 2.51. The SMILES string of the molecule is COc1ccc([C@H](C)N)c(OCCN(C)C)c1. The van der Waals surface area contributed by atoms with E-state index in [4.69, 9.17) is 15.2 Å². The minimum Gasteiger partial charge on any atom is -0.497 e. The average Bonchev–Trinajstić information content (AvgIpc) is 2.28. The molecule has 0 saturated heterocycles. The van der Waals surface area contributed by atoms with Crippen molar-refractivity contribution in [2.75, 3.05) is 34.4 Å². The van der Waals surface area contributed by atoms with Gasteiger partial charge in [-0.2, -0.15) is 0 Å². The van der Waals surface area contributed by atoms with Crippen LogP contribution in [0.3, 0.4) is 0 Å². The Kier molecular flexibility index (Phi) is 5.25. The first kappa shape index (κ1) is 13.8. The van der Waals surface area contributed by atoms with Gasteiger partial charge in [0.15, 0.2) is 0 Å². The van der Waals surface area contributed by atoms with E-state index in [0.29, 0.717) is 6.61 Å². The van der Waals surface area contributed by atoms with Gasteiger partial charge in [0.05, 0.1) is 7.11 Å². The van der Waals surface area contributed by atoms with Crippen LogP contribution in [0.1, 0.15) is 18.5 Å². The highest BCUT2D eigenvalue weighted by atomic mass is 16.5. The van der Waals surface area contributed by atoms with Gasteiger partial charge in [-0.1, -0.05) is 6.07 Å². The molecular formula is C13H22N2O2. The molecule has 2 N–H and O–H groups in total. The number of nitrogens with zero attached hydrogens (tertiary/aromatic N) is 1. The molecule has 0 heterocycles. The second kappa shape index (κ2) is 6.47. The van der Waals surface area contributed by atoms with Gasteiger partial charge in [-0.3, -0.25) is 0 Å². The Morgan fingerprint density at radius 3 is 2.59 bits per heavy atom. The molecule has 0 unspecified atom stereocenters. The lowest BCUT2D eigenvalue weighted by Gasteiger charge is -2.16. The number of methoxy groups -OCH3 is 1. The molecule has 96 valence electrons. The van der Waals surface area contributed by atoms with Crippen molar-refractivity contribution in [1.29, 1.82) is 0 Å². The fourth-order valence-corrected chi connectivity index (χ4v) is 1.48. The number of ether oxygens (including phenoxy) is 2. The van der Waals surface area contributed by atoms with Crippen LogP contribution in [-0.4, -0.2) is 39.3 Å². The Labute approximate surface area is 103 Å². The van der Waals surface area contributed by atoms with Crippen LogP contribution in [-0.2, 0) is 0 Å². The molecule has 0 aliphatic heterocycles. The monoisotopic (exact) mass is 238 g/mol. The molecule has 4 heteroatoms. The summed E-state index contributed by atoms with van der Waals surface area (Å²) in [5.41, 5.74) is 6.91. The van der Waals surface area contributed by atoms with E-state index in [-0.39, 0.29) is 6.04 Å². The molecule has 0 aliphatic rings. The van der Waals surface area contributed by atoms with Crippen molar-refractivity contribution in [2.45, 2.75) is 13.0 Å². The maximum Gasteiger partial charge on any atom is 0.127 e. The molecule has 0 radical (unpaired) electrons. The van der Waals surface area contributed by atoms with Crippen molar-refractivity contribution in [3.8, 4) is 11.5 Å². The largest absolute Gasteiger partial charge is 0.497 e. The zero-order valence-corrected chi connectivity index (χ0v) is 11.1. The minimum atomic E-state index is -0.0461. The Hall–Kier alpha value is -1.26. The van der Waals surface area contributed by atoms with Crippen molar-refractivity contribution < 1.29 is 9.47 Å². The van der Waals surface area contributed by atoms with Gasteiger partial charge in [-0.15, -0.1) is 0 Å². The van der Waals surface area contributed by atoms with Gasteiger partial charge >= 0.3 is 0 Å². The first-order valence-electron chi connectivity index (χ1n) is 5.75. The summed E-state index contributed by atoms with van der Waals surface area (Å²) in [6, 6.07) is 5.69. The zero-order valence-electron chi connectivity index (χ0n) is 11.1.